The van der Waals surface area contributed by atoms with Gasteiger partial charge in [0, 0.05) is 30.5 Å². The van der Waals surface area contributed by atoms with Crippen molar-refractivity contribution < 1.29 is 22.7 Å². The van der Waals surface area contributed by atoms with Gasteiger partial charge >= 0.3 is 6.09 Å². The SMILES string of the molecule is CCCCCN(C(=O)c1cn(Cc2ccc(N(C)C(=O)OC(C)C)cc2Cl)c(C)n1)[SH](=O)=O. The molecule has 0 spiro atoms. The minimum absolute atomic E-state index is 0.0621. The first kappa shape index (κ1) is 26.7. The second-order valence-electron chi connectivity index (χ2n) is 7.94. The van der Waals surface area contributed by atoms with E-state index in [1.54, 1.807) is 50.6 Å². The van der Waals surface area contributed by atoms with Crippen LogP contribution in [-0.4, -0.2) is 54.0 Å². The number of hydrogen-bond donors (Lipinski definition) is 1. The lowest BCUT2D eigenvalue weighted by molar-refractivity contribution is 0.0858. The Balaban J connectivity index is 2.18. The minimum Gasteiger partial charge on any atom is -0.446 e. The topological polar surface area (TPSA) is 102 Å². The highest BCUT2D eigenvalue weighted by Gasteiger charge is 2.22. The van der Waals surface area contributed by atoms with E-state index >= 15 is 0 Å². The molecule has 0 bridgehead atoms. The Morgan fingerprint density at radius 2 is 1.94 bits per heavy atom. The van der Waals surface area contributed by atoms with Crippen molar-refractivity contribution in [1.82, 2.24) is 13.9 Å². The van der Waals surface area contributed by atoms with Gasteiger partial charge in [0.25, 0.3) is 5.91 Å². The van der Waals surface area contributed by atoms with E-state index in [-0.39, 0.29) is 18.3 Å². The first-order valence-electron chi connectivity index (χ1n) is 10.8. The fraction of sp³-hybridized carbons (Fsp3) is 0.500. The molecule has 0 aliphatic heterocycles. The second kappa shape index (κ2) is 12.0. The van der Waals surface area contributed by atoms with Gasteiger partial charge in [0.15, 0.2) is 0 Å². The summed E-state index contributed by atoms with van der Waals surface area (Å²) in [5.41, 5.74) is 1.39. The number of amides is 2. The summed E-state index contributed by atoms with van der Waals surface area (Å²) in [6.45, 7) is 7.73. The molecule has 182 valence electrons. The van der Waals surface area contributed by atoms with E-state index < -0.39 is 22.9 Å². The van der Waals surface area contributed by atoms with Gasteiger partial charge < -0.3 is 9.30 Å². The zero-order chi connectivity index (χ0) is 24.7. The van der Waals surface area contributed by atoms with Crippen LogP contribution in [-0.2, 0) is 22.2 Å². The summed E-state index contributed by atoms with van der Waals surface area (Å²) in [6.07, 6.45) is 3.16. The molecule has 2 aromatic rings. The number of unbranched alkanes of at least 4 members (excludes halogenated alkanes) is 2. The third-order valence-corrected chi connectivity index (χ3v) is 6.10. The maximum atomic E-state index is 12.7. The Morgan fingerprint density at radius 3 is 2.52 bits per heavy atom. The van der Waals surface area contributed by atoms with Crippen LogP contribution in [0.5, 0.6) is 0 Å². The molecule has 9 nitrogen and oxygen atoms in total. The number of anilines is 1. The fourth-order valence-electron chi connectivity index (χ4n) is 3.12. The minimum atomic E-state index is -3.05. The summed E-state index contributed by atoms with van der Waals surface area (Å²) in [7, 11) is -1.45. The van der Waals surface area contributed by atoms with Crippen molar-refractivity contribution in [2.75, 3.05) is 18.5 Å². The van der Waals surface area contributed by atoms with Crippen molar-refractivity contribution in [2.24, 2.45) is 0 Å². The number of nitrogens with zero attached hydrogens (tertiary/aromatic N) is 4. The molecule has 0 aliphatic rings. The molecule has 2 rings (SSSR count). The molecule has 0 unspecified atom stereocenters. The average Bonchev–Trinajstić information content (AvgIpc) is 3.11. The monoisotopic (exact) mass is 498 g/mol. The maximum absolute atomic E-state index is 12.7. The quantitative estimate of drug-likeness (QED) is 0.392. The summed E-state index contributed by atoms with van der Waals surface area (Å²) in [4.78, 5) is 30.4. The molecule has 0 saturated heterocycles. The first-order chi connectivity index (χ1) is 15.5. The van der Waals surface area contributed by atoms with Gasteiger partial charge in [-0.2, -0.15) is 0 Å². The van der Waals surface area contributed by atoms with Crippen LogP contribution in [0, 0.1) is 6.92 Å². The third kappa shape index (κ3) is 7.20. The predicted molar refractivity (Wildman–Crippen MR) is 128 cm³/mol. The molecule has 1 aromatic carbocycles. The molecular weight excluding hydrogens is 468 g/mol. The Kier molecular flexibility index (Phi) is 9.72. The van der Waals surface area contributed by atoms with Crippen LogP contribution >= 0.6 is 11.6 Å². The van der Waals surface area contributed by atoms with Crippen LogP contribution in [0.1, 0.15) is 61.9 Å². The Morgan fingerprint density at radius 1 is 1.24 bits per heavy atom. The molecule has 0 fully saturated rings. The van der Waals surface area contributed by atoms with E-state index in [2.05, 4.69) is 4.98 Å². The molecule has 0 radical (unpaired) electrons. The Hall–Kier alpha value is -2.59. The van der Waals surface area contributed by atoms with Crippen LogP contribution in [0.4, 0.5) is 10.5 Å². The zero-order valence-electron chi connectivity index (χ0n) is 19.6. The van der Waals surface area contributed by atoms with Crippen molar-refractivity contribution in [3.8, 4) is 0 Å². The second-order valence-corrected chi connectivity index (χ2v) is 9.31. The molecule has 0 saturated carbocycles. The molecule has 2 amide bonds. The van der Waals surface area contributed by atoms with Gasteiger partial charge in [0.05, 0.1) is 12.6 Å². The summed E-state index contributed by atoms with van der Waals surface area (Å²) < 4.78 is 30.9. The molecule has 0 atom stereocenters. The highest BCUT2D eigenvalue weighted by molar-refractivity contribution is 7.70. The molecule has 0 N–H and O–H groups in total. The van der Waals surface area contributed by atoms with Crippen LogP contribution in [0.2, 0.25) is 5.02 Å². The molecular formula is C22H31ClN4O5S. The van der Waals surface area contributed by atoms with E-state index in [1.165, 1.54) is 11.1 Å². The summed E-state index contributed by atoms with van der Waals surface area (Å²) >= 11 is 6.45. The average molecular weight is 499 g/mol. The number of benzene rings is 1. The number of aromatic nitrogens is 2. The van der Waals surface area contributed by atoms with Gasteiger partial charge in [0.2, 0.25) is 10.9 Å². The van der Waals surface area contributed by atoms with Crippen LogP contribution < -0.4 is 4.90 Å². The highest BCUT2D eigenvalue weighted by atomic mass is 35.5. The number of carbonyl (C=O) groups is 2. The fourth-order valence-corrected chi connectivity index (χ4v) is 3.91. The van der Waals surface area contributed by atoms with Crippen molar-refractivity contribution in [3.05, 3.63) is 46.5 Å². The summed E-state index contributed by atoms with van der Waals surface area (Å²) in [5, 5.41) is 0.432. The zero-order valence-corrected chi connectivity index (χ0v) is 21.2. The van der Waals surface area contributed by atoms with Crippen LogP contribution in [0.15, 0.2) is 24.4 Å². The van der Waals surface area contributed by atoms with Gasteiger partial charge in [-0.3, -0.25) is 9.69 Å². The number of hydrogen-bond acceptors (Lipinski definition) is 6. The molecule has 33 heavy (non-hydrogen) atoms. The largest absolute Gasteiger partial charge is 0.446 e. The summed E-state index contributed by atoms with van der Waals surface area (Å²) in [5.74, 6) is -0.0958. The van der Waals surface area contributed by atoms with E-state index in [1.807, 2.05) is 6.92 Å². The van der Waals surface area contributed by atoms with Crippen molar-refractivity contribution in [1.29, 1.82) is 0 Å². The van der Waals surface area contributed by atoms with Crippen molar-refractivity contribution in [2.45, 2.75) is 59.6 Å². The van der Waals surface area contributed by atoms with Crippen molar-refractivity contribution in [3.63, 3.8) is 0 Å². The number of aryl methyl sites for hydroxylation is 1. The van der Waals surface area contributed by atoms with E-state index in [9.17, 15) is 18.0 Å². The number of halogens is 1. The molecule has 1 heterocycles. The number of thiol groups is 1. The molecule has 1 aromatic heterocycles. The van der Waals surface area contributed by atoms with Crippen LogP contribution in [0.25, 0.3) is 0 Å². The van der Waals surface area contributed by atoms with Gasteiger partial charge in [-0.05, 0) is 44.9 Å². The van der Waals surface area contributed by atoms with Crippen molar-refractivity contribution >= 4 is 40.2 Å². The first-order valence-corrected chi connectivity index (χ1v) is 12.3. The van der Waals surface area contributed by atoms with Gasteiger partial charge in [-0.25, -0.2) is 22.5 Å². The maximum Gasteiger partial charge on any atom is 0.414 e. The number of ether oxygens (including phenoxy) is 1. The van der Waals surface area contributed by atoms with E-state index in [0.29, 0.717) is 29.5 Å². The van der Waals surface area contributed by atoms with E-state index in [0.717, 1.165) is 22.7 Å². The number of rotatable bonds is 10. The molecule has 0 aliphatic carbocycles. The smallest absolute Gasteiger partial charge is 0.414 e. The lowest BCUT2D eigenvalue weighted by Crippen LogP contribution is -2.30. The third-order valence-electron chi connectivity index (χ3n) is 4.98. The van der Waals surface area contributed by atoms with E-state index in [4.69, 9.17) is 16.3 Å². The normalized spacial score (nSPS) is 11.2. The highest BCUT2D eigenvalue weighted by Crippen LogP contribution is 2.25. The standard InChI is InChI=1S/C22H31ClN4O5S/c1-6-7-8-11-27(33(30)31)21(28)20-14-26(16(4)24-20)13-17-9-10-18(12-19(17)23)25(5)22(29)32-15(2)3/h9-10,12,14-15,33H,6-8,11,13H2,1-5H3. The predicted octanol–water partition coefficient (Wildman–Crippen LogP) is 4.03. The lowest BCUT2D eigenvalue weighted by atomic mass is 10.2. The Bertz CT molecular complexity index is 1060. The Labute approximate surface area is 201 Å². The summed E-state index contributed by atoms with van der Waals surface area (Å²) in [6, 6.07) is 5.19. The van der Waals surface area contributed by atoms with Gasteiger partial charge in [-0.1, -0.05) is 37.4 Å². The van der Waals surface area contributed by atoms with Gasteiger partial charge in [-0.15, -0.1) is 0 Å². The number of imidazole rings is 1. The lowest BCUT2D eigenvalue weighted by Gasteiger charge is -2.19. The number of carbonyl (C=O) groups excluding carboxylic acids is 2. The molecule has 11 heteroatoms. The van der Waals surface area contributed by atoms with Crippen LogP contribution in [0.3, 0.4) is 0 Å². The van der Waals surface area contributed by atoms with Gasteiger partial charge in [0.1, 0.15) is 11.5 Å².